The SMILES string of the molecule is CC[C@@H](OC(C)=O)[C@@H]1CCC=CN1S(=O)(=O)c1ccc(C)cc1. The van der Waals surface area contributed by atoms with E-state index >= 15 is 0 Å². The number of benzene rings is 1. The highest BCUT2D eigenvalue weighted by Gasteiger charge is 2.36. The highest BCUT2D eigenvalue weighted by molar-refractivity contribution is 7.89. The molecule has 1 heterocycles. The van der Waals surface area contributed by atoms with Crippen LogP contribution in [0.3, 0.4) is 0 Å². The molecule has 6 heteroatoms. The first-order valence-electron chi connectivity index (χ1n) is 7.80. The largest absolute Gasteiger partial charge is 0.460 e. The lowest BCUT2D eigenvalue weighted by atomic mass is 10.0. The molecular weight excluding hydrogens is 314 g/mol. The molecule has 23 heavy (non-hydrogen) atoms. The average Bonchev–Trinajstić information content (AvgIpc) is 2.53. The summed E-state index contributed by atoms with van der Waals surface area (Å²) in [6.45, 7) is 5.15. The van der Waals surface area contributed by atoms with E-state index in [1.54, 1.807) is 30.5 Å². The summed E-state index contributed by atoms with van der Waals surface area (Å²) in [6, 6.07) is 6.39. The van der Waals surface area contributed by atoms with Crippen molar-refractivity contribution in [1.82, 2.24) is 4.31 Å². The molecule has 0 spiro atoms. The van der Waals surface area contributed by atoms with E-state index in [2.05, 4.69) is 0 Å². The van der Waals surface area contributed by atoms with Gasteiger partial charge in [-0.1, -0.05) is 30.7 Å². The Bertz CT molecular complexity index is 679. The maximum absolute atomic E-state index is 12.9. The van der Waals surface area contributed by atoms with Crippen molar-refractivity contribution in [3.05, 3.63) is 42.1 Å². The molecule has 0 bridgehead atoms. The van der Waals surface area contributed by atoms with Crippen LogP contribution >= 0.6 is 0 Å². The van der Waals surface area contributed by atoms with Crippen LogP contribution < -0.4 is 0 Å². The number of carbonyl (C=O) groups excluding carboxylic acids is 1. The number of nitrogens with zero attached hydrogens (tertiary/aromatic N) is 1. The summed E-state index contributed by atoms with van der Waals surface area (Å²) < 4.78 is 32.6. The van der Waals surface area contributed by atoms with Gasteiger partial charge in [-0.05, 0) is 38.3 Å². The molecular formula is C17H23NO4S. The van der Waals surface area contributed by atoms with Gasteiger partial charge in [0.05, 0.1) is 10.9 Å². The van der Waals surface area contributed by atoms with Crippen molar-refractivity contribution in [2.75, 3.05) is 0 Å². The summed E-state index contributed by atoms with van der Waals surface area (Å²) in [7, 11) is -3.66. The zero-order valence-electron chi connectivity index (χ0n) is 13.7. The monoisotopic (exact) mass is 337 g/mol. The van der Waals surface area contributed by atoms with E-state index in [9.17, 15) is 13.2 Å². The van der Waals surface area contributed by atoms with E-state index in [0.717, 1.165) is 12.0 Å². The fourth-order valence-corrected chi connectivity index (χ4v) is 4.34. The second-order valence-electron chi connectivity index (χ2n) is 5.73. The van der Waals surface area contributed by atoms with Crippen LogP contribution in [0.15, 0.2) is 41.4 Å². The molecule has 1 aromatic carbocycles. The smallest absolute Gasteiger partial charge is 0.302 e. The number of allylic oxidation sites excluding steroid dienone is 1. The zero-order chi connectivity index (χ0) is 17.0. The van der Waals surface area contributed by atoms with Crippen molar-refractivity contribution in [2.45, 2.75) is 57.1 Å². The van der Waals surface area contributed by atoms with Gasteiger partial charge in [-0.15, -0.1) is 0 Å². The fourth-order valence-electron chi connectivity index (χ4n) is 2.77. The Kier molecular flexibility index (Phi) is 5.46. The summed E-state index contributed by atoms with van der Waals surface area (Å²) >= 11 is 0. The van der Waals surface area contributed by atoms with Crippen LogP contribution in [0, 0.1) is 6.92 Å². The molecule has 0 amide bonds. The first kappa shape index (κ1) is 17.5. The first-order chi connectivity index (χ1) is 10.9. The zero-order valence-corrected chi connectivity index (χ0v) is 14.5. The summed E-state index contributed by atoms with van der Waals surface area (Å²) in [6.07, 6.45) is 4.95. The quantitative estimate of drug-likeness (QED) is 0.775. The number of hydrogen-bond donors (Lipinski definition) is 0. The van der Waals surface area contributed by atoms with E-state index < -0.39 is 16.1 Å². The Labute approximate surface area is 138 Å². The third-order valence-corrected chi connectivity index (χ3v) is 5.77. The van der Waals surface area contributed by atoms with Crippen LogP contribution in [0.2, 0.25) is 0 Å². The summed E-state index contributed by atoms with van der Waals surface area (Å²) in [5, 5.41) is 0. The second kappa shape index (κ2) is 7.17. The standard InChI is InChI=1S/C17H23NO4S/c1-4-17(22-14(3)19)16-7-5-6-12-18(16)23(20,21)15-10-8-13(2)9-11-15/h6,8-12,16-17H,4-5,7H2,1-3H3/t16-,17+/m0/s1. The van der Waals surface area contributed by atoms with Gasteiger partial charge in [0, 0.05) is 13.1 Å². The normalized spacial score (nSPS) is 19.4. The van der Waals surface area contributed by atoms with Gasteiger partial charge in [0.15, 0.2) is 0 Å². The minimum absolute atomic E-state index is 0.248. The van der Waals surface area contributed by atoms with Gasteiger partial charge in [0.25, 0.3) is 10.0 Å². The van der Waals surface area contributed by atoms with Crippen molar-refractivity contribution in [3.8, 4) is 0 Å². The van der Waals surface area contributed by atoms with E-state index in [1.807, 2.05) is 19.9 Å². The van der Waals surface area contributed by atoms with Crippen LogP contribution in [-0.2, 0) is 19.6 Å². The lowest BCUT2D eigenvalue weighted by Crippen LogP contribution is -2.46. The van der Waals surface area contributed by atoms with Gasteiger partial charge in [-0.25, -0.2) is 8.42 Å². The number of sulfonamides is 1. The topological polar surface area (TPSA) is 63.7 Å². The molecule has 126 valence electrons. The predicted molar refractivity (Wildman–Crippen MR) is 88.2 cm³/mol. The first-order valence-corrected chi connectivity index (χ1v) is 9.24. The highest BCUT2D eigenvalue weighted by atomic mass is 32.2. The lowest BCUT2D eigenvalue weighted by Gasteiger charge is -2.36. The Hall–Kier alpha value is -1.82. The van der Waals surface area contributed by atoms with Crippen molar-refractivity contribution in [2.24, 2.45) is 0 Å². The number of rotatable bonds is 5. The number of aryl methyl sites for hydroxylation is 1. The molecule has 0 saturated heterocycles. The van der Waals surface area contributed by atoms with Crippen LogP contribution in [0.5, 0.6) is 0 Å². The van der Waals surface area contributed by atoms with Crippen molar-refractivity contribution >= 4 is 16.0 Å². The van der Waals surface area contributed by atoms with E-state index in [1.165, 1.54) is 11.2 Å². The second-order valence-corrected chi connectivity index (χ2v) is 7.58. The molecule has 2 atom stereocenters. The predicted octanol–water partition coefficient (Wildman–Crippen LogP) is 3.00. The number of hydrogen-bond acceptors (Lipinski definition) is 4. The minimum atomic E-state index is -3.66. The Morgan fingerprint density at radius 2 is 2.00 bits per heavy atom. The van der Waals surface area contributed by atoms with Gasteiger partial charge >= 0.3 is 5.97 Å². The summed E-state index contributed by atoms with van der Waals surface area (Å²) in [4.78, 5) is 11.6. The molecule has 1 aliphatic heterocycles. The molecule has 0 aromatic heterocycles. The molecule has 0 aliphatic carbocycles. The van der Waals surface area contributed by atoms with Gasteiger partial charge in [0.1, 0.15) is 6.10 Å². The molecule has 1 aromatic rings. The maximum Gasteiger partial charge on any atom is 0.302 e. The van der Waals surface area contributed by atoms with Crippen LogP contribution in [0.1, 0.15) is 38.7 Å². The molecule has 2 rings (SSSR count). The van der Waals surface area contributed by atoms with Crippen molar-refractivity contribution in [1.29, 1.82) is 0 Å². The number of esters is 1. The molecule has 5 nitrogen and oxygen atoms in total. The minimum Gasteiger partial charge on any atom is -0.460 e. The van der Waals surface area contributed by atoms with E-state index in [0.29, 0.717) is 12.8 Å². The van der Waals surface area contributed by atoms with Gasteiger partial charge in [0.2, 0.25) is 0 Å². The number of ether oxygens (including phenoxy) is 1. The Balaban J connectivity index is 2.36. The molecule has 0 radical (unpaired) electrons. The molecule has 1 aliphatic rings. The van der Waals surface area contributed by atoms with Crippen LogP contribution in [-0.4, -0.2) is 30.8 Å². The Morgan fingerprint density at radius 1 is 1.35 bits per heavy atom. The molecule has 0 fully saturated rings. The van der Waals surface area contributed by atoms with Gasteiger partial charge < -0.3 is 4.74 Å². The average molecular weight is 337 g/mol. The van der Waals surface area contributed by atoms with Crippen LogP contribution in [0.4, 0.5) is 0 Å². The summed E-state index contributed by atoms with van der Waals surface area (Å²) in [5.74, 6) is -0.390. The van der Waals surface area contributed by atoms with Gasteiger partial charge in [-0.3, -0.25) is 9.10 Å². The molecule has 0 unspecified atom stereocenters. The lowest BCUT2D eigenvalue weighted by molar-refractivity contribution is -0.149. The maximum atomic E-state index is 12.9. The van der Waals surface area contributed by atoms with E-state index in [-0.39, 0.29) is 16.9 Å². The Morgan fingerprint density at radius 3 is 2.57 bits per heavy atom. The number of carbonyl (C=O) groups is 1. The van der Waals surface area contributed by atoms with Crippen LogP contribution in [0.25, 0.3) is 0 Å². The van der Waals surface area contributed by atoms with Gasteiger partial charge in [-0.2, -0.15) is 0 Å². The third kappa shape index (κ3) is 3.93. The highest BCUT2D eigenvalue weighted by Crippen LogP contribution is 2.28. The molecule has 0 N–H and O–H groups in total. The molecule has 0 saturated carbocycles. The van der Waals surface area contributed by atoms with Crippen molar-refractivity contribution in [3.63, 3.8) is 0 Å². The third-order valence-electron chi connectivity index (χ3n) is 3.95. The fraction of sp³-hybridized carbons (Fsp3) is 0.471. The van der Waals surface area contributed by atoms with Crippen molar-refractivity contribution < 1.29 is 17.9 Å². The summed E-state index contributed by atoms with van der Waals surface area (Å²) in [5.41, 5.74) is 1.00. The van der Waals surface area contributed by atoms with E-state index in [4.69, 9.17) is 4.74 Å².